The van der Waals surface area contributed by atoms with Crippen molar-refractivity contribution in [1.82, 2.24) is 14.9 Å². The molecule has 0 radical (unpaired) electrons. The molecule has 2 atom stereocenters. The second-order valence-corrected chi connectivity index (χ2v) is 11.0. The summed E-state index contributed by atoms with van der Waals surface area (Å²) in [7, 11) is 0. The van der Waals surface area contributed by atoms with Gasteiger partial charge in [0.15, 0.2) is 5.72 Å². The fraction of sp³-hybridized carbons (Fsp3) is 0.458. The van der Waals surface area contributed by atoms with Crippen molar-refractivity contribution in [2.24, 2.45) is 17.6 Å². The van der Waals surface area contributed by atoms with Crippen LogP contribution in [-0.2, 0) is 9.47 Å². The van der Waals surface area contributed by atoms with Gasteiger partial charge < -0.3 is 19.1 Å². The van der Waals surface area contributed by atoms with E-state index in [4.69, 9.17) is 31.5 Å². The number of nitrogens with zero attached hydrogens (tertiary/aromatic N) is 3. The fourth-order valence-corrected chi connectivity index (χ4v) is 5.99. The zero-order chi connectivity index (χ0) is 24.4. The molecule has 0 spiro atoms. The third kappa shape index (κ3) is 4.02. The predicted octanol–water partition coefficient (Wildman–Crippen LogP) is 4.45. The number of carbonyl (C=O) groups is 1. The number of piperidine rings is 1. The van der Waals surface area contributed by atoms with Crippen LogP contribution in [0.1, 0.15) is 19.8 Å². The number of fused-ring (bicyclic) bond motifs is 3. The Kier molecular flexibility index (Phi) is 5.41. The lowest BCUT2D eigenvalue weighted by molar-refractivity contribution is -0.171. The molecule has 1 amide bonds. The van der Waals surface area contributed by atoms with E-state index in [9.17, 15) is 9.18 Å². The number of hydrogen-bond donors (Lipinski definition) is 1. The molecule has 2 unspecified atom stereocenters. The molecule has 2 aromatic heterocycles. The Bertz CT molecular complexity index is 1300. The van der Waals surface area contributed by atoms with E-state index in [1.165, 1.54) is 29.8 Å². The van der Waals surface area contributed by atoms with Crippen molar-refractivity contribution >= 4 is 39.2 Å². The first-order chi connectivity index (χ1) is 16.8. The number of amides is 1. The number of nitrogens with two attached hydrogens (primary N) is 1. The third-order valence-electron chi connectivity index (χ3n) is 7.16. The Balaban J connectivity index is 1.28. The molecule has 11 heteroatoms. The fourth-order valence-electron chi connectivity index (χ4n) is 4.78. The average Bonchev–Trinajstić information content (AvgIpc) is 3.35. The molecular weight excluding hydrogens is 495 g/mol. The molecule has 6 rings (SSSR count). The summed E-state index contributed by atoms with van der Waals surface area (Å²) < 4.78 is 32.2. The van der Waals surface area contributed by atoms with Gasteiger partial charge in [0.1, 0.15) is 22.4 Å². The Labute approximate surface area is 210 Å². The van der Waals surface area contributed by atoms with Crippen LogP contribution in [0.25, 0.3) is 21.3 Å². The highest BCUT2D eigenvalue weighted by Crippen LogP contribution is 2.44. The Morgan fingerprint density at radius 2 is 2.00 bits per heavy atom. The number of ether oxygens (including phenoxy) is 3. The van der Waals surface area contributed by atoms with E-state index in [-0.39, 0.29) is 23.5 Å². The molecule has 2 saturated heterocycles. The van der Waals surface area contributed by atoms with E-state index in [0.29, 0.717) is 48.3 Å². The van der Waals surface area contributed by atoms with Gasteiger partial charge in [-0.15, -0.1) is 11.3 Å². The topological polar surface area (TPSA) is 99.8 Å². The number of thiophene rings is 1. The summed E-state index contributed by atoms with van der Waals surface area (Å²) in [6.45, 7) is 3.42. The molecule has 1 aliphatic carbocycles. The highest BCUT2D eigenvalue weighted by Gasteiger charge is 2.54. The van der Waals surface area contributed by atoms with Gasteiger partial charge in [-0.25, -0.2) is 19.2 Å². The van der Waals surface area contributed by atoms with E-state index < -0.39 is 11.5 Å². The number of benzene rings is 1. The Hall–Kier alpha value is -2.53. The number of likely N-dealkylation sites (tertiary alicyclic amines) is 1. The highest BCUT2D eigenvalue weighted by molar-refractivity contribution is 7.18. The number of rotatable bonds is 4. The minimum Gasteiger partial charge on any atom is -0.454 e. The van der Waals surface area contributed by atoms with E-state index in [1.54, 1.807) is 11.0 Å². The molecule has 2 aliphatic heterocycles. The van der Waals surface area contributed by atoms with Crippen molar-refractivity contribution in [2.75, 3.05) is 26.3 Å². The van der Waals surface area contributed by atoms with Crippen molar-refractivity contribution < 1.29 is 23.4 Å². The van der Waals surface area contributed by atoms with Crippen LogP contribution >= 0.6 is 22.9 Å². The summed E-state index contributed by atoms with van der Waals surface area (Å²) in [4.78, 5) is 23.3. The molecule has 2 bridgehead atoms. The first kappa shape index (κ1) is 22.9. The van der Waals surface area contributed by atoms with Crippen LogP contribution in [0.5, 0.6) is 5.88 Å². The molecule has 4 heterocycles. The first-order valence-corrected chi connectivity index (χ1v) is 12.7. The Morgan fingerprint density at radius 3 is 2.69 bits per heavy atom. The molecule has 3 aliphatic rings. The van der Waals surface area contributed by atoms with Crippen LogP contribution in [-0.4, -0.2) is 58.6 Å². The van der Waals surface area contributed by atoms with Gasteiger partial charge >= 0.3 is 6.09 Å². The van der Waals surface area contributed by atoms with E-state index in [1.807, 2.05) is 12.3 Å². The number of hydrogen-bond acceptors (Lipinski definition) is 8. The van der Waals surface area contributed by atoms with E-state index in [0.717, 1.165) is 23.1 Å². The SMILES string of the molecule is CC1(OC(=O)N2CC3COCC(C2)C3(N)Oc2ncnc3c(-c4ccc(F)cc4Cl)csc23)CC1. The van der Waals surface area contributed by atoms with Crippen molar-refractivity contribution in [3.63, 3.8) is 0 Å². The van der Waals surface area contributed by atoms with Crippen molar-refractivity contribution in [3.05, 3.63) is 40.7 Å². The van der Waals surface area contributed by atoms with Gasteiger partial charge in [0.2, 0.25) is 5.88 Å². The lowest BCUT2D eigenvalue weighted by Crippen LogP contribution is -2.71. The third-order valence-corrected chi connectivity index (χ3v) is 8.43. The van der Waals surface area contributed by atoms with E-state index in [2.05, 4.69) is 9.97 Å². The molecular formula is C24H24ClFN4O4S. The van der Waals surface area contributed by atoms with Crippen molar-refractivity contribution in [3.8, 4) is 17.0 Å². The van der Waals surface area contributed by atoms with Crippen LogP contribution in [0.2, 0.25) is 5.02 Å². The summed E-state index contributed by atoms with van der Waals surface area (Å²) in [5.41, 5.74) is 7.57. The molecule has 3 fully saturated rings. The lowest BCUT2D eigenvalue weighted by atomic mass is 9.79. The van der Waals surface area contributed by atoms with Gasteiger partial charge in [0, 0.05) is 29.6 Å². The second kappa shape index (κ2) is 8.26. The standard InChI is InChI=1S/C24H24ClFN4O4S/c1-23(4-5-23)34-22(31)30-7-13-9-32-10-14(8-30)24(13,27)33-21-20-19(28-12-29-21)17(11-35-20)16-3-2-15(26)6-18(16)25/h2-3,6,11-14H,4-5,7-10,27H2,1H3. The maximum absolute atomic E-state index is 13.6. The van der Waals surface area contributed by atoms with Crippen LogP contribution in [0.4, 0.5) is 9.18 Å². The maximum atomic E-state index is 13.6. The summed E-state index contributed by atoms with van der Waals surface area (Å²) in [6, 6.07) is 4.27. The van der Waals surface area contributed by atoms with Gasteiger partial charge in [0.25, 0.3) is 0 Å². The van der Waals surface area contributed by atoms with E-state index >= 15 is 0 Å². The molecule has 1 aromatic carbocycles. The number of carbonyl (C=O) groups excluding carboxylic acids is 1. The number of halogens is 2. The largest absolute Gasteiger partial charge is 0.454 e. The monoisotopic (exact) mass is 518 g/mol. The molecule has 3 aromatic rings. The molecule has 184 valence electrons. The van der Waals surface area contributed by atoms with Crippen LogP contribution in [0.15, 0.2) is 29.9 Å². The molecule has 2 N–H and O–H groups in total. The minimum absolute atomic E-state index is 0.259. The lowest BCUT2D eigenvalue weighted by Gasteiger charge is -2.52. The van der Waals surface area contributed by atoms with Crippen molar-refractivity contribution in [2.45, 2.75) is 31.1 Å². The van der Waals surface area contributed by atoms with Gasteiger partial charge in [-0.3, -0.25) is 5.73 Å². The van der Waals surface area contributed by atoms with Crippen LogP contribution in [0, 0.1) is 17.7 Å². The number of aromatic nitrogens is 2. The first-order valence-electron chi connectivity index (χ1n) is 11.5. The maximum Gasteiger partial charge on any atom is 0.410 e. The minimum atomic E-state index is -1.07. The quantitative estimate of drug-likeness (QED) is 0.509. The average molecular weight is 519 g/mol. The normalized spacial score (nSPS) is 27.0. The van der Waals surface area contributed by atoms with Gasteiger partial charge in [-0.05, 0) is 38.0 Å². The summed E-state index contributed by atoms with van der Waals surface area (Å²) >= 11 is 7.71. The zero-order valence-corrected chi connectivity index (χ0v) is 20.6. The summed E-state index contributed by atoms with van der Waals surface area (Å²) in [5.74, 6) is -0.557. The van der Waals surface area contributed by atoms with Crippen LogP contribution in [0.3, 0.4) is 0 Å². The van der Waals surface area contributed by atoms with Gasteiger partial charge in [-0.2, -0.15) is 0 Å². The molecule has 8 nitrogen and oxygen atoms in total. The summed E-state index contributed by atoms with van der Waals surface area (Å²) in [6.07, 6.45) is 2.89. The second-order valence-electron chi connectivity index (χ2n) is 9.74. The highest BCUT2D eigenvalue weighted by atomic mass is 35.5. The van der Waals surface area contributed by atoms with Gasteiger partial charge in [0.05, 0.1) is 35.6 Å². The molecule has 1 saturated carbocycles. The smallest absolute Gasteiger partial charge is 0.410 e. The molecule has 35 heavy (non-hydrogen) atoms. The predicted molar refractivity (Wildman–Crippen MR) is 129 cm³/mol. The Morgan fingerprint density at radius 1 is 1.26 bits per heavy atom. The van der Waals surface area contributed by atoms with Crippen molar-refractivity contribution in [1.29, 1.82) is 0 Å². The van der Waals surface area contributed by atoms with Crippen LogP contribution < -0.4 is 10.5 Å². The van der Waals surface area contributed by atoms with Gasteiger partial charge in [-0.1, -0.05) is 11.6 Å². The summed E-state index contributed by atoms with van der Waals surface area (Å²) in [5, 5.41) is 2.20. The zero-order valence-electron chi connectivity index (χ0n) is 19.0.